The number of unbranched alkanes of at least 4 members (excludes halogenated alkanes) is 12. The number of hydrogen-bond acceptors (Lipinski definition) is 3. The van der Waals surface area contributed by atoms with Gasteiger partial charge in [0.25, 0.3) is 0 Å². The van der Waals surface area contributed by atoms with Crippen molar-refractivity contribution < 1.29 is 19.1 Å². The van der Waals surface area contributed by atoms with Gasteiger partial charge in [-0.25, -0.2) is 0 Å². The van der Waals surface area contributed by atoms with Crippen molar-refractivity contribution in [3.63, 3.8) is 0 Å². The first-order chi connectivity index (χ1) is 14.5. The van der Waals surface area contributed by atoms with Gasteiger partial charge in [0.05, 0.1) is 32.2 Å². The van der Waals surface area contributed by atoms with Gasteiger partial charge in [-0.15, -0.1) is 0 Å². The Morgan fingerprint density at radius 1 is 0.733 bits per heavy atom. The van der Waals surface area contributed by atoms with Gasteiger partial charge in [-0.1, -0.05) is 78.1 Å². The summed E-state index contributed by atoms with van der Waals surface area (Å²) in [6, 6.07) is 0. The maximum atomic E-state index is 10.1. The number of ether oxygens (including phenoxy) is 2. The topological polar surface area (TPSA) is 38.7 Å². The Labute approximate surface area is 187 Å². The fraction of sp³-hybridized carbons (Fsp3) is 1.00. The van der Waals surface area contributed by atoms with Crippen molar-refractivity contribution in [1.82, 2.24) is 0 Å². The van der Waals surface area contributed by atoms with E-state index in [1.807, 2.05) is 13.8 Å². The lowest BCUT2D eigenvalue weighted by Gasteiger charge is -2.39. The van der Waals surface area contributed by atoms with Crippen molar-refractivity contribution in [3.8, 4) is 0 Å². The molecular formula is C26H52NO3+. The van der Waals surface area contributed by atoms with E-state index >= 15 is 0 Å². The number of likely N-dealkylation sites (tertiary alicyclic amines) is 1. The largest absolute Gasteiger partial charge is 0.396 e. The Balaban J connectivity index is 1.89. The molecule has 178 valence electrons. The van der Waals surface area contributed by atoms with Crippen LogP contribution >= 0.6 is 0 Å². The van der Waals surface area contributed by atoms with Crippen molar-refractivity contribution >= 4 is 0 Å². The van der Waals surface area contributed by atoms with Crippen molar-refractivity contribution in [2.45, 2.75) is 136 Å². The molecule has 1 N–H and O–H groups in total. The summed E-state index contributed by atoms with van der Waals surface area (Å²) < 4.78 is 13.8. The molecule has 0 amide bonds. The van der Waals surface area contributed by atoms with Gasteiger partial charge in [-0.3, -0.25) is 9.22 Å². The van der Waals surface area contributed by atoms with E-state index in [0.29, 0.717) is 0 Å². The minimum absolute atomic E-state index is 0.0547. The molecule has 2 rings (SSSR count). The van der Waals surface area contributed by atoms with Gasteiger partial charge < -0.3 is 9.84 Å². The highest BCUT2D eigenvalue weighted by atomic mass is 16.8. The second-order valence-corrected chi connectivity index (χ2v) is 10.5. The monoisotopic (exact) mass is 426 g/mol. The van der Waals surface area contributed by atoms with Crippen LogP contribution in [0.1, 0.15) is 118 Å². The SMILES string of the molecule is CCCCCCCCC[N+]1(CCCCCCCCC)C[C@@H](CO)[C@@H]2OC(C)(C)O[C@H]21. The fourth-order valence-corrected chi connectivity index (χ4v) is 5.68. The van der Waals surface area contributed by atoms with E-state index in [1.165, 1.54) is 103 Å². The van der Waals surface area contributed by atoms with Crippen LogP contribution in [0.4, 0.5) is 0 Å². The molecule has 30 heavy (non-hydrogen) atoms. The molecule has 0 unspecified atom stereocenters. The molecule has 0 aromatic heterocycles. The molecule has 2 aliphatic rings. The van der Waals surface area contributed by atoms with Gasteiger partial charge in [0.15, 0.2) is 5.79 Å². The molecule has 0 aromatic carbocycles. The molecule has 2 aliphatic heterocycles. The Morgan fingerprint density at radius 2 is 1.20 bits per heavy atom. The summed E-state index contributed by atoms with van der Waals surface area (Å²) >= 11 is 0. The maximum Gasteiger partial charge on any atom is 0.223 e. The van der Waals surface area contributed by atoms with Crippen LogP contribution in [-0.2, 0) is 9.47 Å². The van der Waals surface area contributed by atoms with Crippen molar-refractivity contribution in [3.05, 3.63) is 0 Å². The third-order valence-corrected chi connectivity index (χ3v) is 7.36. The highest BCUT2D eigenvalue weighted by Crippen LogP contribution is 2.44. The summed E-state index contributed by atoms with van der Waals surface area (Å²) in [5.74, 6) is -0.307. The fourth-order valence-electron chi connectivity index (χ4n) is 5.68. The molecule has 2 saturated heterocycles. The number of aliphatic hydroxyl groups is 1. The summed E-state index contributed by atoms with van der Waals surface area (Å²) in [4.78, 5) is 0. The molecule has 3 atom stereocenters. The molecule has 0 aromatic rings. The molecule has 4 nitrogen and oxygen atoms in total. The van der Waals surface area contributed by atoms with Gasteiger partial charge in [0.1, 0.15) is 6.10 Å². The van der Waals surface area contributed by atoms with E-state index in [4.69, 9.17) is 9.47 Å². The van der Waals surface area contributed by atoms with Crippen LogP contribution in [0.5, 0.6) is 0 Å². The minimum Gasteiger partial charge on any atom is -0.396 e. The van der Waals surface area contributed by atoms with Crippen LogP contribution in [-0.4, -0.2) is 53.9 Å². The van der Waals surface area contributed by atoms with E-state index in [2.05, 4.69) is 13.8 Å². The average molecular weight is 427 g/mol. The lowest BCUT2D eigenvalue weighted by atomic mass is 10.1. The Hall–Kier alpha value is -0.160. The first kappa shape index (κ1) is 26.1. The van der Waals surface area contributed by atoms with E-state index in [-0.39, 0.29) is 24.9 Å². The average Bonchev–Trinajstić information content (AvgIpc) is 3.18. The Morgan fingerprint density at radius 3 is 1.67 bits per heavy atom. The number of quaternary nitrogens is 1. The lowest BCUT2D eigenvalue weighted by molar-refractivity contribution is -0.961. The van der Waals surface area contributed by atoms with Gasteiger partial charge in [0.2, 0.25) is 6.23 Å². The standard InChI is InChI=1S/C26H52NO3/c1-5-7-9-11-13-15-17-19-27(20-18-16-14-12-10-8-6-2)21-23(22-28)24-25(27)30-26(3,4)29-24/h23-25,28H,5-22H2,1-4H3/q+1/t23-,24-,25+/m0/s1. The molecule has 4 heteroatoms. The third-order valence-electron chi connectivity index (χ3n) is 7.36. The van der Waals surface area contributed by atoms with E-state index in [9.17, 15) is 5.11 Å². The van der Waals surface area contributed by atoms with Crippen LogP contribution in [0.25, 0.3) is 0 Å². The molecule has 2 heterocycles. The molecule has 0 bridgehead atoms. The van der Waals surface area contributed by atoms with E-state index < -0.39 is 5.79 Å². The zero-order valence-corrected chi connectivity index (χ0v) is 20.7. The van der Waals surface area contributed by atoms with Gasteiger partial charge in [0, 0.05) is 0 Å². The van der Waals surface area contributed by atoms with Gasteiger partial charge in [-0.05, 0) is 39.5 Å². The van der Waals surface area contributed by atoms with E-state index in [0.717, 1.165) is 11.0 Å². The lowest BCUT2D eigenvalue weighted by Crippen LogP contribution is -2.55. The first-order valence-electron chi connectivity index (χ1n) is 13.3. The second kappa shape index (κ2) is 13.4. The molecule has 0 saturated carbocycles. The summed E-state index contributed by atoms with van der Waals surface area (Å²) in [5, 5.41) is 10.1. The zero-order chi connectivity index (χ0) is 21.9. The highest BCUT2D eigenvalue weighted by Gasteiger charge is 2.61. The quantitative estimate of drug-likeness (QED) is 0.216. The van der Waals surface area contributed by atoms with Crippen molar-refractivity contribution in [2.75, 3.05) is 26.2 Å². The summed E-state index contributed by atoms with van der Waals surface area (Å²) in [6.45, 7) is 12.2. The van der Waals surface area contributed by atoms with Crippen LogP contribution in [0, 0.1) is 5.92 Å². The number of nitrogens with zero attached hydrogens (tertiary/aromatic N) is 1. The molecular weight excluding hydrogens is 374 g/mol. The Bertz CT molecular complexity index is 436. The summed E-state index contributed by atoms with van der Waals surface area (Å²) in [5.41, 5.74) is 0. The number of fused-ring (bicyclic) bond motifs is 1. The van der Waals surface area contributed by atoms with Crippen LogP contribution < -0.4 is 0 Å². The molecule has 0 spiro atoms. The highest BCUT2D eigenvalue weighted by molar-refractivity contribution is 4.88. The van der Waals surface area contributed by atoms with Gasteiger partial charge in [-0.2, -0.15) is 0 Å². The second-order valence-electron chi connectivity index (χ2n) is 10.5. The number of hydrogen-bond donors (Lipinski definition) is 1. The molecule has 0 aliphatic carbocycles. The van der Waals surface area contributed by atoms with Crippen molar-refractivity contribution in [1.29, 1.82) is 0 Å². The predicted octanol–water partition coefficient (Wildman–Crippen LogP) is 6.40. The minimum atomic E-state index is -0.521. The van der Waals surface area contributed by atoms with Crippen LogP contribution in [0.15, 0.2) is 0 Å². The normalized spacial score (nSPS) is 26.9. The first-order valence-corrected chi connectivity index (χ1v) is 13.3. The number of rotatable bonds is 17. The van der Waals surface area contributed by atoms with Crippen LogP contribution in [0.3, 0.4) is 0 Å². The van der Waals surface area contributed by atoms with Gasteiger partial charge >= 0.3 is 0 Å². The maximum absolute atomic E-state index is 10.1. The summed E-state index contributed by atoms with van der Waals surface area (Å²) in [6.07, 6.45) is 19.0. The summed E-state index contributed by atoms with van der Waals surface area (Å²) in [7, 11) is 0. The smallest absolute Gasteiger partial charge is 0.223 e. The predicted molar refractivity (Wildman–Crippen MR) is 125 cm³/mol. The Kier molecular flexibility index (Phi) is 11.7. The third kappa shape index (κ3) is 7.76. The molecule has 0 radical (unpaired) electrons. The number of aliphatic hydroxyl groups excluding tert-OH is 1. The van der Waals surface area contributed by atoms with E-state index in [1.54, 1.807) is 0 Å². The molecule has 2 fully saturated rings. The van der Waals surface area contributed by atoms with Crippen molar-refractivity contribution in [2.24, 2.45) is 5.92 Å². The van der Waals surface area contributed by atoms with Crippen LogP contribution in [0.2, 0.25) is 0 Å². The zero-order valence-electron chi connectivity index (χ0n) is 20.7.